The van der Waals surface area contributed by atoms with E-state index in [1.54, 1.807) is 0 Å². The normalized spacial score (nSPS) is 17.2. The van der Waals surface area contributed by atoms with Gasteiger partial charge in [0.25, 0.3) is 0 Å². The number of aliphatic hydroxyl groups is 1. The Hall–Kier alpha value is -1.00. The maximum absolute atomic E-state index is 12.2. The van der Waals surface area contributed by atoms with Crippen molar-refractivity contribution in [2.45, 2.75) is 43.9 Å². The lowest BCUT2D eigenvalue weighted by atomic mass is 9.86. The largest absolute Gasteiger partial charge is 0.396 e. The van der Waals surface area contributed by atoms with Crippen molar-refractivity contribution in [1.82, 2.24) is 4.90 Å². The van der Waals surface area contributed by atoms with Crippen LogP contribution in [0, 0.1) is 11.8 Å². The molecule has 0 spiro atoms. The van der Waals surface area contributed by atoms with Crippen LogP contribution < -0.4 is 0 Å². The molecule has 1 saturated heterocycles. The highest BCUT2D eigenvalue weighted by atomic mass is 32.2. The lowest BCUT2D eigenvalue weighted by molar-refractivity contribution is -0.133. The first-order chi connectivity index (χ1) is 11.2. The number of thioether (sulfide) groups is 1. The van der Waals surface area contributed by atoms with Gasteiger partial charge in [-0.2, -0.15) is 0 Å². The Bertz CT molecular complexity index is 458. The fraction of sp³-hybridized carbons (Fsp3) is 0.632. The lowest BCUT2D eigenvalue weighted by Gasteiger charge is -2.34. The molecule has 0 aromatic heterocycles. The van der Waals surface area contributed by atoms with Crippen LogP contribution in [0.15, 0.2) is 35.2 Å². The van der Waals surface area contributed by atoms with Crippen LogP contribution in [0.25, 0.3) is 0 Å². The zero-order valence-corrected chi connectivity index (χ0v) is 14.9. The number of hydrogen-bond acceptors (Lipinski definition) is 3. The molecule has 23 heavy (non-hydrogen) atoms. The summed E-state index contributed by atoms with van der Waals surface area (Å²) in [6, 6.07) is 10.4. The molecule has 1 aliphatic rings. The van der Waals surface area contributed by atoms with Crippen LogP contribution in [-0.2, 0) is 4.79 Å². The van der Waals surface area contributed by atoms with Crippen molar-refractivity contribution in [1.29, 1.82) is 0 Å². The Balaban J connectivity index is 1.57. The van der Waals surface area contributed by atoms with Crippen molar-refractivity contribution in [3.05, 3.63) is 30.3 Å². The first-order valence-electron chi connectivity index (χ1n) is 8.77. The minimum atomic E-state index is 0.262. The molecule has 1 unspecified atom stereocenters. The number of amides is 1. The Morgan fingerprint density at radius 1 is 1.26 bits per heavy atom. The molecule has 2 rings (SSSR count). The minimum absolute atomic E-state index is 0.262. The van der Waals surface area contributed by atoms with E-state index < -0.39 is 0 Å². The van der Waals surface area contributed by atoms with E-state index in [4.69, 9.17) is 0 Å². The standard InChI is InChI=1S/C19H29NO2S/c1-16(15-21)17-10-12-20(13-11-17)19(22)9-5-6-14-23-18-7-3-2-4-8-18/h2-4,7-8,16-17,21H,5-6,9-15H2,1H3. The van der Waals surface area contributed by atoms with Crippen LogP contribution in [0.4, 0.5) is 0 Å². The third kappa shape index (κ3) is 6.19. The van der Waals surface area contributed by atoms with Gasteiger partial charge in [0.15, 0.2) is 0 Å². The van der Waals surface area contributed by atoms with E-state index in [-0.39, 0.29) is 6.61 Å². The summed E-state index contributed by atoms with van der Waals surface area (Å²) in [5.74, 6) is 2.33. The summed E-state index contributed by atoms with van der Waals surface area (Å²) in [5.41, 5.74) is 0. The van der Waals surface area contributed by atoms with E-state index in [0.29, 0.717) is 24.2 Å². The lowest BCUT2D eigenvalue weighted by Crippen LogP contribution is -2.40. The maximum Gasteiger partial charge on any atom is 0.222 e. The molecule has 1 atom stereocenters. The monoisotopic (exact) mass is 335 g/mol. The first-order valence-corrected chi connectivity index (χ1v) is 9.75. The van der Waals surface area contributed by atoms with Crippen molar-refractivity contribution >= 4 is 17.7 Å². The highest BCUT2D eigenvalue weighted by Gasteiger charge is 2.25. The summed E-state index contributed by atoms with van der Waals surface area (Å²) in [6.45, 7) is 4.10. The average molecular weight is 336 g/mol. The average Bonchev–Trinajstić information content (AvgIpc) is 2.61. The SMILES string of the molecule is CC(CO)C1CCN(C(=O)CCCCSc2ccccc2)CC1. The number of rotatable bonds is 8. The molecule has 0 radical (unpaired) electrons. The number of nitrogens with zero attached hydrogens (tertiary/aromatic N) is 1. The van der Waals surface area contributed by atoms with E-state index in [1.807, 2.05) is 22.7 Å². The van der Waals surface area contributed by atoms with Crippen molar-refractivity contribution in [3.8, 4) is 0 Å². The fourth-order valence-corrected chi connectivity index (χ4v) is 4.04. The van der Waals surface area contributed by atoms with Crippen molar-refractivity contribution in [2.75, 3.05) is 25.4 Å². The van der Waals surface area contributed by atoms with Gasteiger partial charge in [0.1, 0.15) is 0 Å². The molecular formula is C19H29NO2S. The molecule has 0 saturated carbocycles. The highest BCUT2D eigenvalue weighted by molar-refractivity contribution is 7.99. The molecule has 3 nitrogen and oxygen atoms in total. The van der Waals surface area contributed by atoms with Gasteiger partial charge in [0.2, 0.25) is 5.91 Å². The third-order valence-corrected chi connectivity index (χ3v) is 5.88. The van der Waals surface area contributed by atoms with Crippen LogP contribution >= 0.6 is 11.8 Å². The Kier molecular flexibility index (Phi) is 7.96. The van der Waals surface area contributed by atoms with Gasteiger partial charge in [-0.25, -0.2) is 0 Å². The van der Waals surface area contributed by atoms with Crippen LogP contribution in [0.1, 0.15) is 39.0 Å². The van der Waals surface area contributed by atoms with Crippen LogP contribution in [0.5, 0.6) is 0 Å². The number of piperidine rings is 1. The number of unbranched alkanes of at least 4 members (excludes halogenated alkanes) is 1. The molecule has 1 N–H and O–H groups in total. The van der Waals surface area contributed by atoms with Gasteiger partial charge in [0.05, 0.1) is 0 Å². The summed E-state index contributed by atoms with van der Waals surface area (Å²) >= 11 is 1.87. The zero-order valence-electron chi connectivity index (χ0n) is 14.1. The van der Waals surface area contributed by atoms with E-state index in [2.05, 4.69) is 31.2 Å². The van der Waals surface area contributed by atoms with Crippen LogP contribution in [-0.4, -0.2) is 41.4 Å². The summed E-state index contributed by atoms with van der Waals surface area (Å²) < 4.78 is 0. The predicted octanol–water partition coefficient (Wildman–Crippen LogP) is 3.82. The Labute approximate surface area is 144 Å². The number of benzene rings is 1. The number of hydrogen-bond donors (Lipinski definition) is 1. The summed E-state index contributed by atoms with van der Waals surface area (Å²) in [6.07, 6.45) is 4.82. The molecule has 128 valence electrons. The van der Waals surface area contributed by atoms with Crippen LogP contribution in [0.3, 0.4) is 0 Å². The second kappa shape index (κ2) is 9.99. The van der Waals surface area contributed by atoms with E-state index in [9.17, 15) is 9.90 Å². The summed E-state index contributed by atoms with van der Waals surface area (Å²) in [7, 11) is 0. The van der Waals surface area contributed by atoms with Gasteiger partial charge in [0, 0.05) is 31.0 Å². The highest BCUT2D eigenvalue weighted by Crippen LogP contribution is 2.25. The van der Waals surface area contributed by atoms with Gasteiger partial charge in [-0.05, 0) is 55.4 Å². The molecule has 1 heterocycles. The van der Waals surface area contributed by atoms with Crippen molar-refractivity contribution in [3.63, 3.8) is 0 Å². The Morgan fingerprint density at radius 2 is 1.96 bits per heavy atom. The third-order valence-electron chi connectivity index (χ3n) is 4.78. The number of likely N-dealkylation sites (tertiary alicyclic amines) is 1. The van der Waals surface area contributed by atoms with Gasteiger partial charge in [-0.1, -0.05) is 25.1 Å². The smallest absolute Gasteiger partial charge is 0.222 e. The molecule has 1 fully saturated rings. The summed E-state index contributed by atoms with van der Waals surface area (Å²) in [5, 5.41) is 9.23. The Morgan fingerprint density at radius 3 is 2.61 bits per heavy atom. The second-order valence-electron chi connectivity index (χ2n) is 6.50. The predicted molar refractivity (Wildman–Crippen MR) is 96.6 cm³/mol. The number of carbonyl (C=O) groups excluding carboxylic acids is 1. The van der Waals surface area contributed by atoms with E-state index in [0.717, 1.165) is 44.5 Å². The van der Waals surface area contributed by atoms with Crippen LogP contribution in [0.2, 0.25) is 0 Å². The molecule has 4 heteroatoms. The number of carbonyl (C=O) groups is 1. The van der Waals surface area contributed by atoms with Crippen molar-refractivity contribution < 1.29 is 9.90 Å². The maximum atomic E-state index is 12.2. The van der Waals surface area contributed by atoms with Gasteiger partial charge in [-0.15, -0.1) is 11.8 Å². The minimum Gasteiger partial charge on any atom is -0.396 e. The molecule has 1 aliphatic heterocycles. The molecule has 1 aromatic rings. The van der Waals surface area contributed by atoms with Gasteiger partial charge in [-0.3, -0.25) is 4.79 Å². The van der Waals surface area contributed by atoms with Gasteiger partial charge >= 0.3 is 0 Å². The van der Waals surface area contributed by atoms with E-state index in [1.165, 1.54) is 4.90 Å². The summed E-state index contributed by atoms with van der Waals surface area (Å²) in [4.78, 5) is 15.6. The molecule has 0 aliphatic carbocycles. The molecule has 0 bridgehead atoms. The molecular weight excluding hydrogens is 306 g/mol. The second-order valence-corrected chi connectivity index (χ2v) is 7.67. The topological polar surface area (TPSA) is 40.5 Å². The van der Waals surface area contributed by atoms with Crippen molar-refractivity contribution in [2.24, 2.45) is 11.8 Å². The number of aliphatic hydroxyl groups excluding tert-OH is 1. The fourth-order valence-electron chi connectivity index (χ4n) is 3.11. The van der Waals surface area contributed by atoms with E-state index >= 15 is 0 Å². The zero-order chi connectivity index (χ0) is 16.5. The van der Waals surface area contributed by atoms with Gasteiger partial charge < -0.3 is 10.0 Å². The first kappa shape index (κ1) is 18.3. The quantitative estimate of drug-likeness (QED) is 0.580. The molecule has 1 amide bonds. The molecule has 1 aromatic carbocycles.